The minimum absolute atomic E-state index is 0.177. The fourth-order valence-corrected chi connectivity index (χ4v) is 1.73. The fourth-order valence-electron chi connectivity index (χ4n) is 1.73. The molecule has 18 heavy (non-hydrogen) atoms. The molecule has 0 spiro atoms. The highest BCUT2D eigenvalue weighted by atomic mass is 16.5. The van der Waals surface area contributed by atoms with E-state index in [1.54, 1.807) is 32.9 Å². The number of rotatable bonds is 4. The van der Waals surface area contributed by atoms with Gasteiger partial charge >= 0.3 is 5.97 Å². The summed E-state index contributed by atoms with van der Waals surface area (Å²) in [6, 6.07) is 2.08. The number of aryl methyl sites for hydroxylation is 2. The lowest BCUT2D eigenvalue weighted by molar-refractivity contribution is -0.147. The Morgan fingerprint density at radius 3 is 2.33 bits per heavy atom. The van der Waals surface area contributed by atoms with Gasteiger partial charge in [0, 0.05) is 0 Å². The van der Waals surface area contributed by atoms with E-state index < -0.39 is 18.1 Å². The van der Waals surface area contributed by atoms with E-state index >= 15 is 0 Å². The summed E-state index contributed by atoms with van der Waals surface area (Å²) >= 11 is 0. The number of carbonyl (C=O) groups excluding carboxylic acids is 1. The number of esters is 1. The number of hydrogen-bond acceptors (Lipinski definition) is 5. The third-order valence-corrected chi connectivity index (χ3v) is 2.75. The Morgan fingerprint density at radius 1 is 1.39 bits per heavy atom. The molecule has 1 aromatic rings. The van der Waals surface area contributed by atoms with E-state index in [-0.39, 0.29) is 12.4 Å². The zero-order valence-corrected chi connectivity index (χ0v) is 10.8. The van der Waals surface area contributed by atoms with Crippen molar-refractivity contribution in [3.05, 3.63) is 28.8 Å². The van der Waals surface area contributed by atoms with Crippen LogP contribution in [0.1, 0.15) is 29.7 Å². The van der Waals surface area contributed by atoms with Crippen LogP contribution in [0.25, 0.3) is 0 Å². The van der Waals surface area contributed by atoms with Crippen LogP contribution in [0.15, 0.2) is 12.1 Å². The number of aromatic hydroxyl groups is 1. The quantitative estimate of drug-likeness (QED) is 0.694. The van der Waals surface area contributed by atoms with Crippen molar-refractivity contribution >= 4 is 5.97 Å². The number of aliphatic hydroxyl groups is 1. The maximum Gasteiger partial charge on any atom is 0.325 e. The highest BCUT2D eigenvalue weighted by Crippen LogP contribution is 2.27. The molecule has 0 bridgehead atoms. The molecule has 4 N–H and O–H groups in total. The van der Waals surface area contributed by atoms with Crippen LogP contribution in [0.2, 0.25) is 0 Å². The largest absolute Gasteiger partial charge is 0.507 e. The van der Waals surface area contributed by atoms with Crippen molar-refractivity contribution in [2.45, 2.75) is 32.9 Å². The summed E-state index contributed by atoms with van der Waals surface area (Å²) in [6.07, 6.45) is -1.15. The number of phenolic OH excluding ortho intramolecular Hbond substituents is 1. The topological polar surface area (TPSA) is 92.8 Å². The van der Waals surface area contributed by atoms with Crippen LogP contribution >= 0.6 is 0 Å². The third-order valence-electron chi connectivity index (χ3n) is 2.75. The summed E-state index contributed by atoms with van der Waals surface area (Å²) in [4.78, 5) is 11.4. The molecule has 0 saturated carbocycles. The number of nitrogens with two attached hydrogens (primary N) is 1. The molecule has 1 rings (SSSR count). The van der Waals surface area contributed by atoms with Crippen LogP contribution in [0, 0.1) is 13.8 Å². The van der Waals surface area contributed by atoms with E-state index in [0.717, 1.165) is 0 Å². The zero-order valence-electron chi connectivity index (χ0n) is 10.8. The molecule has 0 aromatic heterocycles. The van der Waals surface area contributed by atoms with Crippen LogP contribution in [0.3, 0.4) is 0 Å². The number of carbonyl (C=O) groups is 1. The van der Waals surface area contributed by atoms with E-state index in [2.05, 4.69) is 0 Å². The Balaban J connectivity index is 2.97. The smallest absolute Gasteiger partial charge is 0.325 e. The van der Waals surface area contributed by atoms with Gasteiger partial charge in [-0.3, -0.25) is 4.79 Å². The molecule has 1 aromatic carbocycles. The van der Waals surface area contributed by atoms with Gasteiger partial charge in [-0.1, -0.05) is 0 Å². The highest BCUT2D eigenvalue weighted by Gasteiger charge is 2.26. The summed E-state index contributed by atoms with van der Waals surface area (Å²) in [5.41, 5.74) is 7.37. The Kier molecular flexibility index (Phi) is 4.69. The third kappa shape index (κ3) is 3.00. The molecule has 0 heterocycles. The molecule has 0 saturated heterocycles. The van der Waals surface area contributed by atoms with Crippen molar-refractivity contribution in [1.82, 2.24) is 0 Å². The lowest BCUT2D eigenvalue weighted by Crippen LogP contribution is -2.38. The Hall–Kier alpha value is -1.59. The van der Waals surface area contributed by atoms with Crippen molar-refractivity contribution < 1.29 is 19.7 Å². The molecular weight excluding hydrogens is 234 g/mol. The lowest BCUT2D eigenvalue weighted by atomic mass is 9.98. The second-order valence-electron chi connectivity index (χ2n) is 4.23. The highest BCUT2D eigenvalue weighted by molar-refractivity contribution is 5.76. The first-order chi connectivity index (χ1) is 8.38. The molecular formula is C13H19NO4. The van der Waals surface area contributed by atoms with Gasteiger partial charge < -0.3 is 20.7 Å². The SMILES string of the molecule is CCOC(=O)C(N)C(O)c1cc(C)c(O)c(C)c1. The van der Waals surface area contributed by atoms with Gasteiger partial charge in [0.2, 0.25) is 0 Å². The molecule has 0 amide bonds. The number of phenols is 1. The predicted molar refractivity (Wildman–Crippen MR) is 67.1 cm³/mol. The van der Waals surface area contributed by atoms with Gasteiger partial charge in [-0.15, -0.1) is 0 Å². The zero-order chi connectivity index (χ0) is 13.9. The monoisotopic (exact) mass is 253 g/mol. The van der Waals surface area contributed by atoms with Gasteiger partial charge in [-0.2, -0.15) is 0 Å². The molecule has 5 nitrogen and oxygen atoms in total. The van der Waals surface area contributed by atoms with E-state index in [9.17, 15) is 15.0 Å². The first kappa shape index (κ1) is 14.5. The maximum absolute atomic E-state index is 11.4. The van der Waals surface area contributed by atoms with Crippen molar-refractivity contribution in [2.75, 3.05) is 6.61 Å². The maximum atomic E-state index is 11.4. The Morgan fingerprint density at radius 2 is 1.89 bits per heavy atom. The first-order valence-electron chi connectivity index (χ1n) is 5.78. The molecule has 0 aliphatic heterocycles. The van der Waals surface area contributed by atoms with E-state index in [0.29, 0.717) is 16.7 Å². The van der Waals surface area contributed by atoms with Crippen molar-refractivity contribution in [3.63, 3.8) is 0 Å². The van der Waals surface area contributed by atoms with Gasteiger partial charge in [0.25, 0.3) is 0 Å². The van der Waals surface area contributed by atoms with E-state index in [1.165, 1.54) is 0 Å². The number of ether oxygens (including phenoxy) is 1. The van der Waals surface area contributed by atoms with Crippen LogP contribution in [0.5, 0.6) is 5.75 Å². The second-order valence-corrected chi connectivity index (χ2v) is 4.23. The normalized spacial score (nSPS) is 14.1. The minimum Gasteiger partial charge on any atom is -0.507 e. The minimum atomic E-state index is -1.15. The van der Waals surface area contributed by atoms with Crippen molar-refractivity contribution in [1.29, 1.82) is 0 Å². The lowest BCUT2D eigenvalue weighted by Gasteiger charge is -2.19. The van der Waals surface area contributed by atoms with Crippen molar-refractivity contribution in [2.24, 2.45) is 5.73 Å². The summed E-state index contributed by atoms with van der Waals surface area (Å²) in [6.45, 7) is 5.32. The fraction of sp³-hybridized carbons (Fsp3) is 0.462. The second kappa shape index (κ2) is 5.84. The summed E-state index contributed by atoms with van der Waals surface area (Å²) in [5, 5.41) is 19.7. The standard InChI is InChI=1S/C13H19NO4/c1-4-18-13(17)10(14)12(16)9-5-7(2)11(15)8(3)6-9/h5-6,10,12,15-16H,4,14H2,1-3H3. The first-order valence-corrected chi connectivity index (χ1v) is 5.78. The average Bonchev–Trinajstić information content (AvgIpc) is 2.33. The van der Waals surface area contributed by atoms with Crippen molar-refractivity contribution in [3.8, 4) is 5.75 Å². The predicted octanol–water partition coefficient (Wildman–Crippen LogP) is 0.933. The van der Waals surface area contributed by atoms with Crippen LogP contribution < -0.4 is 5.73 Å². The Labute approximate surface area is 106 Å². The van der Waals surface area contributed by atoms with Gasteiger partial charge in [-0.05, 0) is 49.6 Å². The van der Waals surface area contributed by atoms with E-state index in [4.69, 9.17) is 10.5 Å². The van der Waals surface area contributed by atoms with Crippen LogP contribution in [-0.2, 0) is 9.53 Å². The number of hydrogen-bond donors (Lipinski definition) is 3. The molecule has 5 heteroatoms. The summed E-state index contributed by atoms with van der Waals surface area (Å²) in [5.74, 6) is -0.468. The molecule has 100 valence electrons. The van der Waals surface area contributed by atoms with Gasteiger partial charge in [-0.25, -0.2) is 0 Å². The van der Waals surface area contributed by atoms with Gasteiger partial charge in [0.05, 0.1) is 6.61 Å². The molecule has 2 unspecified atom stereocenters. The molecule has 2 atom stereocenters. The molecule has 0 aliphatic carbocycles. The average molecular weight is 253 g/mol. The van der Waals surface area contributed by atoms with E-state index in [1.807, 2.05) is 0 Å². The van der Waals surface area contributed by atoms with Crippen LogP contribution in [-0.4, -0.2) is 28.8 Å². The Bertz CT molecular complexity index is 422. The molecule has 0 fully saturated rings. The number of benzene rings is 1. The summed E-state index contributed by atoms with van der Waals surface area (Å²) < 4.78 is 4.76. The molecule has 0 aliphatic rings. The van der Waals surface area contributed by atoms with Gasteiger partial charge in [0.15, 0.2) is 0 Å². The summed E-state index contributed by atoms with van der Waals surface area (Å²) in [7, 11) is 0. The number of aliphatic hydroxyl groups excluding tert-OH is 1. The van der Waals surface area contributed by atoms with Crippen LogP contribution in [0.4, 0.5) is 0 Å². The molecule has 0 radical (unpaired) electrons. The van der Waals surface area contributed by atoms with Gasteiger partial charge in [0.1, 0.15) is 17.9 Å².